The van der Waals surface area contributed by atoms with Crippen LogP contribution in [0.4, 0.5) is 13.2 Å². The van der Waals surface area contributed by atoms with Crippen LogP contribution in [0, 0.1) is 0 Å². The van der Waals surface area contributed by atoms with E-state index in [1.54, 1.807) is 6.07 Å². The van der Waals surface area contributed by atoms with Crippen LogP contribution in [-0.4, -0.2) is 16.5 Å². The van der Waals surface area contributed by atoms with Crippen molar-refractivity contribution in [3.8, 4) is 0 Å². The Morgan fingerprint density at radius 1 is 1.22 bits per heavy atom. The van der Waals surface area contributed by atoms with Crippen molar-refractivity contribution < 1.29 is 18.0 Å². The maximum Gasteiger partial charge on any atom is 0.416 e. The van der Waals surface area contributed by atoms with Gasteiger partial charge in [0.2, 0.25) is 0 Å². The fourth-order valence-corrected chi connectivity index (χ4v) is 1.56. The molecule has 0 amide bonds. The standard InChI is InChI=1S/C12H9F3N2O/c13-12(14,15)9-3-1-8(2-4-9)5-10-6-11(7-18)17-16-10/h1-4,6-7H,5H2,(H,16,17). The number of hydrogen-bond acceptors (Lipinski definition) is 2. The molecule has 1 heterocycles. The van der Waals surface area contributed by atoms with E-state index in [9.17, 15) is 18.0 Å². The van der Waals surface area contributed by atoms with Gasteiger partial charge in [-0.2, -0.15) is 18.3 Å². The summed E-state index contributed by atoms with van der Waals surface area (Å²) < 4.78 is 37.0. The molecule has 0 saturated heterocycles. The third-order valence-electron chi connectivity index (χ3n) is 2.45. The van der Waals surface area contributed by atoms with Gasteiger partial charge in [-0.15, -0.1) is 0 Å². The summed E-state index contributed by atoms with van der Waals surface area (Å²) in [6, 6.07) is 6.44. The molecular formula is C12H9F3N2O. The Bertz CT molecular complexity index is 543. The second kappa shape index (κ2) is 4.64. The van der Waals surface area contributed by atoms with E-state index in [0.717, 1.165) is 12.1 Å². The zero-order valence-corrected chi connectivity index (χ0v) is 9.16. The van der Waals surface area contributed by atoms with Crippen molar-refractivity contribution >= 4 is 6.29 Å². The Labute approximate surface area is 101 Å². The number of halogens is 3. The molecule has 0 radical (unpaired) electrons. The van der Waals surface area contributed by atoms with E-state index >= 15 is 0 Å². The number of carbonyl (C=O) groups is 1. The summed E-state index contributed by atoms with van der Waals surface area (Å²) in [7, 11) is 0. The maximum absolute atomic E-state index is 12.3. The van der Waals surface area contributed by atoms with Crippen molar-refractivity contribution in [3.63, 3.8) is 0 Å². The van der Waals surface area contributed by atoms with E-state index in [0.29, 0.717) is 24.0 Å². The molecule has 6 heteroatoms. The van der Waals surface area contributed by atoms with Crippen LogP contribution in [0.3, 0.4) is 0 Å². The third kappa shape index (κ3) is 2.77. The van der Waals surface area contributed by atoms with Gasteiger partial charge in [-0.3, -0.25) is 9.89 Å². The first kappa shape index (κ1) is 12.3. The van der Waals surface area contributed by atoms with Gasteiger partial charge >= 0.3 is 6.18 Å². The summed E-state index contributed by atoms with van der Waals surface area (Å²) in [4.78, 5) is 10.4. The van der Waals surface area contributed by atoms with Gasteiger partial charge in [0.1, 0.15) is 5.69 Å². The molecule has 94 valence electrons. The van der Waals surface area contributed by atoms with Crippen molar-refractivity contribution in [3.05, 3.63) is 52.8 Å². The van der Waals surface area contributed by atoms with Crippen LogP contribution in [0.1, 0.15) is 27.3 Å². The molecule has 0 unspecified atom stereocenters. The van der Waals surface area contributed by atoms with E-state index in [1.165, 1.54) is 12.1 Å². The van der Waals surface area contributed by atoms with Crippen molar-refractivity contribution in [1.29, 1.82) is 0 Å². The van der Waals surface area contributed by atoms with Crippen LogP contribution >= 0.6 is 0 Å². The lowest BCUT2D eigenvalue weighted by Gasteiger charge is -2.06. The molecule has 0 atom stereocenters. The van der Waals surface area contributed by atoms with Gasteiger partial charge in [0.05, 0.1) is 5.56 Å². The molecule has 0 bridgehead atoms. The highest BCUT2D eigenvalue weighted by Crippen LogP contribution is 2.29. The fraction of sp³-hybridized carbons (Fsp3) is 0.167. The topological polar surface area (TPSA) is 45.8 Å². The second-order valence-electron chi connectivity index (χ2n) is 3.81. The smallest absolute Gasteiger partial charge is 0.296 e. The monoisotopic (exact) mass is 254 g/mol. The quantitative estimate of drug-likeness (QED) is 0.856. The van der Waals surface area contributed by atoms with Gasteiger partial charge in [0, 0.05) is 12.1 Å². The Hall–Kier alpha value is -2.11. The molecule has 0 aliphatic rings. The lowest BCUT2D eigenvalue weighted by Crippen LogP contribution is -2.04. The first-order valence-corrected chi connectivity index (χ1v) is 5.14. The number of aromatic nitrogens is 2. The molecular weight excluding hydrogens is 245 g/mol. The second-order valence-corrected chi connectivity index (χ2v) is 3.81. The van der Waals surface area contributed by atoms with Crippen molar-refractivity contribution in [2.45, 2.75) is 12.6 Å². The Kier molecular flexibility index (Phi) is 3.18. The van der Waals surface area contributed by atoms with Crippen LogP contribution in [0.15, 0.2) is 30.3 Å². The normalized spacial score (nSPS) is 11.5. The molecule has 0 fully saturated rings. The van der Waals surface area contributed by atoms with Crippen LogP contribution in [0.25, 0.3) is 0 Å². The SMILES string of the molecule is O=Cc1cc(Cc2ccc(C(F)(F)F)cc2)[nH]n1. The number of carbonyl (C=O) groups excluding carboxylic acids is 1. The Balaban J connectivity index is 2.13. The average molecular weight is 254 g/mol. The average Bonchev–Trinajstić information content (AvgIpc) is 2.76. The molecule has 0 aliphatic carbocycles. The van der Waals surface area contributed by atoms with E-state index in [4.69, 9.17) is 0 Å². The molecule has 18 heavy (non-hydrogen) atoms. The van der Waals surface area contributed by atoms with Gasteiger partial charge in [0.15, 0.2) is 6.29 Å². The number of H-pyrrole nitrogens is 1. The van der Waals surface area contributed by atoms with Crippen molar-refractivity contribution in [1.82, 2.24) is 10.2 Å². The maximum atomic E-state index is 12.3. The fourth-order valence-electron chi connectivity index (χ4n) is 1.56. The van der Waals surface area contributed by atoms with Crippen LogP contribution in [-0.2, 0) is 12.6 Å². The van der Waals surface area contributed by atoms with Gasteiger partial charge in [-0.1, -0.05) is 12.1 Å². The van der Waals surface area contributed by atoms with Crippen molar-refractivity contribution in [2.24, 2.45) is 0 Å². The van der Waals surface area contributed by atoms with E-state index in [1.807, 2.05) is 0 Å². The summed E-state index contributed by atoms with van der Waals surface area (Å²) in [5.41, 5.74) is 0.988. The number of benzene rings is 1. The van der Waals surface area contributed by atoms with Gasteiger partial charge in [0.25, 0.3) is 0 Å². The Morgan fingerprint density at radius 2 is 1.89 bits per heavy atom. The first-order chi connectivity index (χ1) is 8.49. The number of alkyl halides is 3. The molecule has 0 saturated carbocycles. The molecule has 3 nitrogen and oxygen atoms in total. The first-order valence-electron chi connectivity index (χ1n) is 5.14. The number of aromatic amines is 1. The predicted molar refractivity (Wildman–Crippen MR) is 58.2 cm³/mol. The lowest BCUT2D eigenvalue weighted by atomic mass is 10.1. The van der Waals surface area contributed by atoms with E-state index in [2.05, 4.69) is 10.2 Å². The van der Waals surface area contributed by atoms with Crippen LogP contribution < -0.4 is 0 Å². The number of aldehydes is 1. The minimum Gasteiger partial charge on any atom is -0.296 e. The predicted octanol–water partition coefficient (Wildman–Crippen LogP) is 2.83. The highest BCUT2D eigenvalue weighted by Gasteiger charge is 2.29. The van der Waals surface area contributed by atoms with Gasteiger partial charge in [-0.25, -0.2) is 0 Å². The largest absolute Gasteiger partial charge is 0.416 e. The molecule has 1 N–H and O–H groups in total. The summed E-state index contributed by atoms with van der Waals surface area (Å²) in [6.07, 6.45) is -3.32. The molecule has 0 aliphatic heterocycles. The highest BCUT2D eigenvalue weighted by atomic mass is 19.4. The summed E-state index contributed by atoms with van der Waals surface area (Å²) in [6.45, 7) is 0. The van der Waals surface area contributed by atoms with Crippen LogP contribution in [0.2, 0.25) is 0 Å². The molecule has 1 aromatic carbocycles. The molecule has 2 aromatic rings. The number of rotatable bonds is 3. The van der Waals surface area contributed by atoms with E-state index < -0.39 is 11.7 Å². The zero-order chi connectivity index (χ0) is 13.2. The summed E-state index contributed by atoms with van der Waals surface area (Å²) in [5, 5.41) is 6.36. The lowest BCUT2D eigenvalue weighted by molar-refractivity contribution is -0.137. The molecule has 0 spiro atoms. The minimum atomic E-state index is -4.32. The summed E-state index contributed by atoms with van der Waals surface area (Å²) >= 11 is 0. The number of nitrogens with zero attached hydrogens (tertiary/aromatic N) is 1. The minimum absolute atomic E-state index is 0.275. The highest BCUT2D eigenvalue weighted by molar-refractivity contribution is 5.71. The van der Waals surface area contributed by atoms with Gasteiger partial charge in [-0.05, 0) is 23.8 Å². The zero-order valence-electron chi connectivity index (χ0n) is 9.16. The molecule has 1 aromatic heterocycles. The Morgan fingerprint density at radius 3 is 2.39 bits per heavy atom. The molecule has 2 rings (SSSR count). The summed E-state index contributed by atoms with van der Waals surface area (Å²) in [5.74, 6) is 0. The number of hydrogen-bond donors (Lipinski definition) is 1. The van der Waals surface area contributed by atoms with Gasteiger partial charge < -0.3 is 0 Å². The number of nitrogens with one attached hydrogen (secondary N) is 1. The van der Waals surface area contributed by atoms with E-state index in [-0.39, 0.29) is 5.69 Å². The van der Waals surface area contributed by atoms with Crippen LogP contribution in [0.5, 0.6) is 0 Å². The van der Waals surface area contributed by atoms with Crippen molar-refractivity contribution in [2.75, 3.05) is 0 Å². The third-order valence-corrected chi connectivity index (χ3v) is 2.45.